The van der Waals surface area contributed by atoms with Crippen molar-refractivity contribution in [3.63, 3.8) is 0 Å². The van der Waals surface area contributed by atoms with Crippen LogP contribution in [0.5, 0.6) is 0 Å². The van der Waals surface area contributed by atoms with Crippen molar-refractivity contribution in [1.82, 2.24) is 9.96 Å². The minimum atomic E-state index is 0.405. The molecule has 0 saturated carbocycles. The number of hydroxylamine groups is 2. The number of likely N-dealkylation sites (tertiary alicyclic amines) is 1. The second-order valence-electron chi connectivity index (χ2n) is 6.25. The molecule has 2 aliphatic rings. The molecule has 1 aromatic carbocycles. The second-order valence-corrected chi connectivity index (χ2v) is 6.25. The monoisotopic (exact) mass is 274 g/mol. The zero-order valence-corrected chi connectivity index (χ0v) is 12.5. The van der Waals surface area contributed by atoms with E-state index >= 15 is 0 Å². The first-order chi connectivity index (χ1) is 9.81. The highest BCUT2D eigenvalue weighted by atomic mass is 16.7. The van der Waals surface area contributed by atoms with Crippen molar-refractivity contribution >= 4 is 0 Å². The van der Waals surface area contributed by atoms with Gasteiger partial charge in [-0.3, -0.25) is 4.84 Å². The molecule has 0 N–H and O–H groups in total. The molecule has 3 heteroatoms. The van der Waals surface area contributed by atoms with E-state index in [1.165, 1.54) is 37.8 Å². The molecule has 110 valence electrons. The van der Waals surface area contributed by atoms with Gasteiger partial charge < -0.3 is 4.90 Å². The van der Waals surface area contributed by atoms with Crippen molar-refractivity contribution in [2.45, 2.75) is 37.7 Å². The molecule has 2 aliphatic heterocycles. The lowest BCUT2D eigenvalue weighted by Gasteiger charge is -2.37. The second kappa shape index (κ2) is 6.70. The summed E-state index contributed by atoms with van der Waals surface area (Å²) in [5, 5.41) is 2.21. The van der Waals surface area contributed by atoms with Gasteiger partial charge in [0.15, 0.2) is 0 Å². The molecule has 1 unspecified atom stereocenters. The Morgan fingerprint density at radius 3 is 2.45 bits per heavy atom. The Bertz CT molecular complexity index is 401. The first-order valence-electron chi connectivity index (χ1n) is 7.96. The van der Waals surface area contributed by atoms with Crippen LogP contribution in [0.3, 0.4) is 0 Å². The SMILES string of the molecule is CN1CCCC(ON2CCC(c3ccccc3)CC2)C1. The van der Waals surface area contributed by atoms with Crippen LogP contribution in [0, 0.1) is 0 Å². The Kier molecular flexibility index (Phi) is 4.71. The highest BCUT2D eigenvalue weighted by Gasteiger charge is 2.25. The van der Waals surface area contributed by atoms with E-state index in [1.54, 1.807) is 0 Å². The van der Waals surface area contributed by atoms with E-state index in [1.807, 2.05) is 0 Å². The summed E-state index contributed by atoms with van der Waals surface area (Å²) in [6.45, 7) is 4.44. The molecule has 0 amide bonds. The summed E-state index contributed by atoms with van der Waals surface area (Å²) in [6, 6.07) is 10.9. The van der Waals surface area contributed by atoms with E-state index in [0.29, 0.717) is 12.0 Å². The van der Waals surface area contributed by atoms with E-state index in [0.717, 1.165) is 19.6 Å². The van der Waals surface area contributed by atoms with Gasteiger partial charge in [0, 0.05) is 19.6 Å². The van der Waals surface area contributed by atoms with Crippen LogP contribution < -0.4 is 0 Å². The highest BCUT2D eigenvalue weighted by Crippen LogP contribution is 2.28. The van der Waals surface area contributed by atoms with E-state index in [-0.39, 0.29) is 0 Å². The molecule has 3 rings (SSSR count). The standard InChI is InChI=1S/C17H26N2O/c1-18-11-5-8-17(14-18)20-19-12-9-16(10-13-19)15-6-3-2-4-7-15/h2-4,6-7,16-17H,5,8-14H2,1H3. The summed E-state index contributed by atoms with van der Waals surface area (Å²) in [5.74, 6) is 0.713. The Labute approximate surface area is 122 Å². The topological polar surface area (TPSA) is 15.7 Å². The van der Waals surface area contributed by atoms with E-state index < -0.39 is 0 Å². The molecule has 2 saturated heterocycles. The number of piperidine rings is 2. The molecule has 3 nitrogen and oxygen atoms in total. The number of likely N-dealkylation sites (N-methyl/N-ethyl adjacent to an activating group) is 1. The van der Waals surface area contributed by atoms with Gasteiger partial charge in [-0.2, -0.15) is 5.06 Å². The lowest BCUT2D eigenvalue weighted by atomic mass is 9.90. The van der Waals surface area contributed by atoms with Crippen molar-refractivity contribution in [3.8, 4) is 0 Å². The number of hydrogen-bond acceptors (Lipinski definition) is 3. The van der Waals surface area contributed by atoms with Gasteiger partial charge in [-0.1, -0.05) is 30.3 Å². The van der Waals surface area contributed by atoms with Gasteiger partial charge in [0.25, 0.3) is 0 Å². The minimum Gasteiger partial charge on any atom is -0.304 e. The Balaban J connectivity index is 1.46. The molecule has 1 aromatic rings. The number of nitrogens with zero attached hydrogens (tertiary/aromatic N) is 2. The first kappa shape index (κ1) is 14.1. The molecule has 0 aromatic heterocycles. The van der Waals surface area contributed by atoms with Gasteiger partial charge in [0.2, 0.25) is 0 Å². The summed E-state index contributed by atoms with van der Waals surface area (Å²) >= 11 is 0. The predicted octanol–water partition coefficient (Wildman–Crippen LogP) is 2.89. The normalized spacial score (nSPS) is 26.8. The summed E-state index contributed by atoms with van der Waals surface area (Å²) in [5.41, 5.74) is 1.49. The smallest absolute Gasteiger partial charge is 0.0920 e. The van der Waals surface area contributed by atoms with Gasteiger partial charge in [-0.05, 0) is 50.8 Å². The fourth-order valence-corrected chi connectivity index (χ4v) is 3.44. The molecular weight excluding hydrogens is 248 g/mol. The van der Waals surface area contributed by atoms with Crippen LogP contribution in [0.2, 0.25) is 0 Å². The number of rotatable bonds is 3. The number of benzene rings is 1. The molecule has 20 heavy (non-hydrogen) atoms. The maximum atomic E-state index is 6.18. The third-order valence-corrected chi connectivity index (χ3v) is 4.60. The molecule has 0 bridgehead atoms. The van der Waals surface area contributed by atoms with Crippen molar-refractivity contribution in [2.75, 3.05) is 33.2 Å². The van der Waals surface area contributed by atoms with Crippen LogP contribution in [-0.2, 0) is 4.84 Å². The van der Waals surface area contributed by atoms with Crippen LogP contribution in [-0.4, -0.2) is 49.3 Å². The van der Waals surface area contributed by atoms with Gasteiger partial charge in [-0.15, -0.1) is 0 Å². The van der Waals surface area contributed by atoms with E-state index in [4.69, 9.17) is 4.84 Å². The van der Waals surface area contributed by atoms with Gasteiger partial charge in [0.05, 0.1) is 6.10 Å². The third kappa shape index (κ3) is 3.60. The average molecular weight is 274 g/mol. The van der Waals surface area contributed by atoms with Crippen LogP contribution in [0.15, 0.2) is 30.3 Å². The molecule has 0 aliphatic carbocycles. The Morgan fingerprint density at radius 1 is 1.00 bits per heavy atom. The lowest BCUT2D eigenvalue weighted by molar-refractivity contribution is -0.216. The molecule has 0 spiro atoms. The Morgan fingerprint density at radius 2 is 1.75 bits per heavy atom. The largest absolute Gasteiger partial charge is 0.304 e. The maximum Gasteiger partial charge on any atom is 0.0920 e. The minimum absolute atomic E-state index is 0.405. The maximum absolute atomic E-state index is 6.18. The van der Waals surface area contributed by atoms with Crippen molar-refractivity contribution in [2.24, 2.45) is 0 Å². The van der Waals surface area contributed by atoms with Crippen molar-refractivity contribution in [1.29, 1.82) is 0 Å². The average Bonchev–Trinajstić information content (AvgIpc) is 2.49. The van der Waals surface area contributed by atoms with Crippen LogP contribution in [0.4, 0.5) is 0 Å². The summed E-state index contributed by atoms with van der Waals surface area (Å²) < 4.78 is 0. The Hall–Kier alpha value is -0.900. The zero-order chi connectivity index (χ0) is 13.8. The summed E-state index contributed by atoms with van der Waals surface area (Å²) in [7, 11) is 2.19. The fraction of sp³-hybridized carbons (Fsp3) is 0.647. The van der Waals surface area contributed by atoms with Gasteiger partial charge in [-0.25, -0.2) is 0 Å². The van der Waals surface area contributed by atoms with E-state index in [2.05, 4.69) is 47.3 Å². The van der Waals surface area contributed by atoms with Crippen LogP contribution in [0.25, 0.3) is 0 Å². The fourth-order valence-electron chi connectivity index (χ4n) is 3.44. The van der Waals surface area contributed by atoms with Gasteiger partial charge >= 0.3 is 0 Å². The summed E-state index contributed by atoms with van der Waals surface area (Å²) in [6.07, 6.45) is 5.31. The molecular formula is C17H26N2O. The predicted molar refractivity (Wildman–Crippen MR) is 81.6 cm³/mol. The molecule has 2 heterocycles. The van der Waals surface area contributed by atoms with Crippen molar-refractivity contribution < 1.29 is 4.84 Å². The quantitative estimate of drug-likeness (QED) is 0.843. The first-order valence-corrected chi connectivity index (χ1v) is 7.96. The zero-order valence-electron chi connectivity index (χ0n) is 12.5. The van der Waals surface area contributed by atoms with Crippen LogP contribution in [0.1, 0.15) is 37.2 Å². The van der Waals surface area contributed by atoms with E-state index in [9.17, 15) is 0 Å². The van der Waals surface area contributed by atoms with Crippen molar-refractivity contribution in [3.05, 3.63) is 35.9 Å². The molecule has 1 atom stereocenters. The molecule has 2 fully saturated rings. The third-order valence-electron chi connectivity index (χ3n) is 4.60. The summed E-state index contributed by atoms with van der Waals surface area (Å²) in [4.78, 5) is 8.56. The molecule has 0 radical (unpaired) electrons. The number of hydrogen-bond donors (Lipinski definition) is 0. The van der Waals surface area contributed by atoms with Crippen LogP contribution >= 0.6 is 0 Å². The van der Waals surface area contributed by atoms with Gasteiger partial charge in [0.1, 0.15) is 0 Å². The lowest BCUT2D eigenvalue weighted by Crippen LogP contribution is -2.43. The highest BCUT2D eigenvalue weighted by molar-refractivity contribution is 5.19.